The van der Waals surface area contributed by atoms with Gasteiger partial charge in [-0.05, 0) is 18.6 Å². The van der Waals surface area contributed by atoms with Crippen LogP contribution in [0.15, 0.2) is 60.7 Å². The third-order valence-electron chi connectivity index (χ3n) is 5.33. The number of aromatic nitrogens is 1. The number of ether oxygens (including phenoxy) is 1. The number of carboxylic acid groups (broad SMARTS) is 1. The van der Waals surface area contributed by atoms with Crippen molar-refractivity contribution >= 4 is 17.7 Å². The van der Waals surface area contributed by atoms with E-state index in [4.69, 9.17) is 4.74 Å². The molecular weight excluding hydrogens is 394 g/mol. The highest BCUT2D eigenvalue weighted by molar-refractivity contribution is 6.02. The third kappa shape index (κ3) is 4.00. The summed E-state index contributed by atoms with van der Waals surface area (Å²) in [5.74, 6) is -0.956. The largest absolute Gasteiger partial charge is 0.545 e. The fourth-order valence-corrected chi connectivity index (χ4v) is 4.03. The van der Waals surface area contributed by atoms with Gasteiger partial charge in [-0.2, -0.15) is 0 Å². The van der Waals surface area contributed by atoms with E-state index < -0.39 is 12.1 Å². The first-order valence-corrected chi connectivity index (χ1v) is 9.96. The minimum atomic E-state index is -1.29. The summed E-state index contributed by atoms with van der Waals surface area (Å²) < 4.78 is 5.31. The summed E-state index contributed by atoms with van der Waals surface area (Å²) in [6, 6.07) is 18.3. The van der Waals surface area contributed by atoms with Crippen molar-refractivity contribution < 1.29 is 24.4 Å². The number of nitrogens with one attached hydrogen (secondary N) is 2. The van der Waals surface area contributed by atoms with E-state index in [9.17, 15) is 14.7 Å². The Kier molecular flexibility index (Phi) is 5.68. The maximum absolute atomic E-state index is 13.2. The van der Waals surface area contributed by atoms with Crippen molar-refractivity contribution in [3.8, 4) is 0 Å². The van der Waals surface area contributed by atoms with Gasteiger partial charge in [0.05, 0.1) is 18.3 Å². The van der Waals surface area contributed by atoms with Crippen molar-refractivity contribution in [2.24, 2.45) is 0 Å². The van der Waals surface area contributed by atoms with Gasteiger partial charge in [0, 0.05) is 23.8 Å². The van der Waals surface area contributed by atoms with Crippen molar-refractivity contribution in [1.82, 2.24) is 5.32 Å². The number of carbonyl (C=O) groups is 2. The first kappa shape index (κ1) is 20.6. The van der Waals surface area contributed by atoms with Crippen molar-refractivity contribution in [3.63, 3.8) is 0 Å². The van der Waals surface area contributed by atoms with Crippen molar-refractivity contribution in [2.75, 3.05) is 12.0 Å². The van der Waals surface area contributed by atoms with E-state index in [1.165, 1.54) is 6.07 Å². The number of pyridine rings is 1. The van der Waals surface area contributed by atoms with Crippen LogP contribution in [-0.4, -0.2) is 19.0 Å². The summed E-state index contributed by atoms with van der Waals surface area (Å²) in [5.41, 5.74) is 3.63. The number of aromatic amines is 1. The Morgan fingerprint density at radius 1 is 1.16 bits per heavy atom. The van der Waals surface area contributed by atoms with E-state index in [0.717, 1.165) is 16.8 Å². The van der Waals surface area contributed by atoms with Crippen LogP contribution >= 0.6 is 0 Å². The number of anilines is 1. The number of fused-ring (bicyclic) bond motifs is 1. The number of methoxy groups -OCH3 is 1. The molecule has 0 spiro atoms. The van der Waals surface area contributed by atoms with Gasteiger partial charge >= 0.3 is 0 Å². The van der Waals surface area contributed by atoms with E-state index in [2.05, 4.69) is 10.3 Å². The Bertz CT molecular complexity index is 1130. The van der Waals surface area contributed by atoms with Gasteiger partial charge in [-0.3, -0.25) is 4.79 Å². The van der Waals surface area contributed by atoms with Crippen molar-refractivity contribution in [1.29, 1.82) is 0 Å². The van der Waals surface area contributed by atoms with Gasteiger partial charge in [-0.15, -0.1) is 0 Å². The Morgan fingerprint density at radius 3 is 2.58 bits per heavy atom. The van der Waals surface area contributed by atoms with Gasteiger partial charge in [-0.1, -0.05) is 54.6 Å². The minimum Gasteiger partial charge on any atom is -0.545 e. The van der Waals surface area contributed by atoms with Crippen molar-refractivity contribution in [3.05, 3.63) is 94.2 Å². The fourth-order valence-electron chi connectivity index (χ4n) is 4.03. The molecule has 2 heterocycles. The number of amides is 1. The molecule has 1 aromatic heterocycles. The Labute approximate surface area is 180 Å². The maximum atomic E-state index is 13.2. The number of nitrogens with zero attached hydrogens (tertiary/aromatic N) is 1. The molecule has 3 aromatic rings. The van der Waals surface area contributed by atoms with Crippen LogP contribution in [0.25, 0.3) is 0 Å². The first-order chi connectivity index (χ1) is 15.0. The molecule has 31 heavy (non-hydrogen) atoms. The average Bonchev–Trinajstić information content (AvgIpc) is 2.76. The van der Waals surface area contributed by atoms with E-state index in [-0.39, 0.29) is 18.1 Å². The molecule has 0 unspecified atom stereocenters. The molecule has 4 rings (SSSR count). The standard InChI is InChI=1S/C24H23N3O4/c1-15-12-17(14-31-2)20-22(25-15)27(13-16-8-4-3-5-9-16)21(26-23(20)28)18-10-6-7-11-19(18)24(29)30/h3-12,21H,13-14H2,1-2H3,(H,26,28)(H,29,30)/t21-/m0/s1. The molecule has 158 valence electrons. The zero-order valence-electron chi connectivity index (χ0n) is 17.3. The van der Waals surface area contributed by atoms with Gasteiger partial charge in [0.15, 0.2) is 6.17 Å². The Morgan fingerprint density at radius 2 is 1.87 bits per heavy atom. The number of rotatable bonds is 6. The van der Waals surface area contributed by atoms with Crippen LogP contribution < -0.4 is 20.3 Å². The minimum absolute atomic E-state index is 0.0408. The molecule has 0 bridgehead atoms. The zero-order chi connectivity index (χ0) is 22.0. The van der Waals surface area contributed by atoms with Gasteiger partial charge in [-0.25, -0.2) is 9.88 Å². The summed E-state index contributed by atoms with van der Waals surface area (Å²) >= 11 is 0. The number of benzene rings is 2. The van der Waals surface area contributed by atoms with Gasteiger partial charge in [0.25, 0.3) is 11.7 Å². The summed E-state index contributed by atoms with van der Waals surface area (Å²) in [6.07, 6.45) is -0.692. The van der Waals surface area contributed by atoms with Crippen LogP contribution in [-0.2, 0) is 17.9 Å². The molecule has 0 radical (unpaired) electrons. The Hall–Kier alpha value is -3.71. The monoisotopic (exact) mass is 417 g/mol. The Balaban J connectivity index is 1.91. The van der Waals surface area contributed by atoms with Gasteiger partial charge in [0.1, 0.15) is 12.1 Å². The molecule has 7 nitrogen and oxygen atoms in total. The summed E-state index contributed by atoms with van der Waals surface area (Å²) in [6.45, 7) is 2.65. The molecule has 0 saturated heterocycles. The van der Waals surface area contributed by atoms with E-state index in [1.54, 1.807) is 25.3 Å². The van der Waals surface area contributed by atoms with E-state index in [0.29, 0.717) is 23.5 Å². The van der Waals surface area contributed by atoms with Crippen LogP contribution in [0.4, 0.5) is 5.82 Å². The number of hydrogen-bond acceptors (Lipinski definition) is 5. The predicted molar refractivity (Wildman–Crippen MR) is 112 cm³/mol. The molecule has 7 heteroatoms. The number of aryl methyl sites for hydroxylation is 1. The topological polar surface area (TPSA) is 95.8 Å². The third-order valence-corrected chi connectivity index (χ3v) is 5.33. The summed E-state index contributed by atoms with van der Waals surface area (Å²) in [5, 5.41) is 14.8. The van der Waals surface area contributed by atoms with Crippen LogP contribution in [0.3, 0.4) is 0 Å². The number of carbonyl (C=O) groups excluding carboxylic acids is 2. The van der Waals surface area contributed by atoms with Crippen LogP contribution in [0.1, 0.15) is 49.3 Å². The molecule has 2 aromatic carbocycles. The molecule has 1 aliphatic rings. The predicted octanol–water partition coefficient (Wildman–Crippen LogP) is 1.77. The first-order valence-electron chi connectivity index (χ1n) is 9.96. The average molecular weight is 417 g/mol. The smallest absolute Gasteiger partial charge is 0.290 e. The molecule has 1 amide bonds. The van der Waals surface area contributed by atoms with Crippen LogP contribution in [0, 0.1) is 6.92 Å². The molecule has 0 saturated carbocycles. The van der Waals surface area contributed by atoms with E-state index in [1.807, 2.05) is 48.2 Å². The van der Waals surface area contributed by atoms with Gasteiger partial charge in [0.2, 0.25) is 0 Å². The molecule has 1 atom stereocenters. The highest BCUT2D eigenvalue weighted by Crippen LogP contribution is 2.34. The lowest BCUT2D eigenvalue weighted by atomic mass is 9.98. The molecule has 2 N–H and O–H groups in total. The second kappa shape index (κ2) is 8.57. The zero-order valence-corrected chi connectivity index (χ0v) is 17.3. The molecule has 1 aliphatic heterocycles. The second-order valence-corrected chi connectivity index (χ2v) is 7.50. The summed E-state index contributed by atoms with van der Waals surface area (Å²) in [7, 11) is 1.58. The number of H-pyrrole nitrogens is 1. The fraction of sp³-hybridized carbons (Fsp3) is 0.208. The lowest BCUT2D eigenvalue weighted by molar-refractivity contribution is -0.375. The molecule has 0 aliphatic carbocycles. The summed E-state index contributed by atoms with van der Waals surface area (Å²) in [4.78, 5) is 30.3. The maximum Gasteiger partial charge on any atom is 0.290 e. The van der Waals surface area contributed by atoms with Crippen LogP contribution in [0.5, 0.6) is 0 Å². The molecule has 0 fully saturated rings. The quantitative estimate of drug-likeness (QED) is 0.660. The number of hydrogen-bond donors (Lipinski definition) is 1. The normalized spacial score (nSPS) is 15.4. The highest BCUT2D eigenvalue weighted by atomic mass is 16.5. The van der Waals surface area contributed by atoms with E-state index >= 15 is 0 Å². The molecular formula is C24H23N3O4. The number of aromatic carboxylic acids is 1. The lowest BCUT2D eigenvalue weighted by Gasteiger charge is -2.34. The SMILES string of the molecule is COCc1cc(C)[nH+]c2c1C(=O)N[C@H](c1ccccc1C(=O)[O-])N2Cc1ccccc1. The highest BCUT2D eigenvalue weighted by Gasteiger charge is 2.41. The lowest BCUT2D eigenvalue weighted by Crippen LogP contribution is -2.50. The van der Waals surface area contributed by atoms with Gasteiger partial charge < -0.3 is 20.0 Å². The second-order valence-electron chi connectivity index (χ2n) is 7.50. The number of carboxylic acids is 1. The van der Waals surface area contributed by atoms with Crippen LogP contribution in [0.2, 0.25) is 0 Å². The van der Waals surface area contributed by atoms with Crippen molar-refractivity contribution in [2.45, 2.75) is 26.2 Å².